The largest absolute Gasteiger partial charge is 0.383 e. The van der Waals surface area contributed by atoms with E-state index < -0.39 is 0 Å². The minimum absolute atomic E-state index is 0.0826. The number of carbonyl (C=O) groups is 1. The van der Waals surface area contributed by atoms with Gasteiger partial charge in [0.2, 0.25) is 5.91 Å². The summed E-state index contributed by atoms with van der Waals surface area (Å²) >= 11 is 0. The third kappa shape index (κ3) is 5.04. The zero-order valence-corrected chi connectivity index (χ0v) is 14.8. The number of fused-ring (bicyclic) bond motifs is 1. The molecule has 1 aromatic rings. The average Bonchev–Trinajstić information content (AvgIpc) is 2.59. The highest BCUT2D eigenvalue weighted by atomic mass is 16.1. The highest BCUT2D eigenvalue weighted by Gasteiger charge is 2.32. The van der Waals surface area contributed by atoms with Crippen LogP contribution >= 0.6 is 0 Å². The molecular formula is C18H29N5O2. The van der Waals surface area contributed by atoms with Crippen molar-refractivity contribution in [3.63, 3.8) is 0 Å². The van der Waals surface area contributed by atoms with Crippen LogP contribution in [0.5, 0.6) is 0 Å². The van der Waals surface area contributed by atoms with Crippen molar-refractivity contribution >= 4 is 11.7 Å². The van der Waals surface area contributed by atoms with Crippen LogP contribution in [0.3, 0.4) is 0 Å². The van der Waals surface area contributed by atoms with E-state index in [2.05, 4.69) is 20.2 Å². The fraction of sp³-hybridized carbons (Fsp3) is 0.722. The van der Waals surface area contributed by atoms with E-state index in [-0.39, 0.29) is 17.3 Å². The summed E-state index contributed by atoms with van der Waals surface area (Å²) in [5, 5.41) is 2.93. The van der Waals surface area contributed by atoms with Gasteiger partial charge in [-0.3, -0.25) is 9.59 Å². The fourth-order valence-electron chi connectivity index (χ4n) is 4.29. The van der Waals surface area contributed by atoms with Crippen LogP contribution in [0.4, 0.5) is 5.82 Å². The molecule has 7 heteroatoms. The van der Waals surface area contributed by atoms with Crippen molar-refractivity contribution in [3.05, 3.63) is 22.2 Å². The van der Waals surface area contributed by atoms with Crippen molar-refractivity contribution in [1.82, 2.24) is 20.2 Å². The number of amides is 1. The maximum Gasteiger partial charge on any atom is 0.252 e. The lowest BCUT2D eigenvalue weighted by Crippen LogP contribution is -2.48. The Hall–Kier alpha value is -1.89. The van der Waals surface area contributed by atoms with Gasteiger partial charge >= 0.3 is 0 Å². The van der Waals surface area contributed by atoms with Crippen LogP contribution in [-0.2, 0) is 11.2 Å². The molecule has 4 N–H and O–H groups in total. The van der Waals surface area contributed by atoms with Crippen LogP contribution in [0.1, 0.15) is 50.8 Å². The molecule has 3 rings (SSSR count). The van der Waals surface area contributed by atoms with Gasteiger partial charge < -0.3 is 20.9 Å². The maximum atomic E-state index is 12.1. The number of H-pyrrole nitrogens is 1. The SMILES string of the molecule is Nc1cc(=O)[nH]c(CCNC(=O)CC[C@@H]2CCCN3CCCC[C@H]23)n1. The first-order valence-electron chi connectivity index (χ1n) is 9.48. The number of hydrogen-bond acceptors (Lipinski definition) is 5. The lowest BCUT2D eigenvalue weighted by atomic mass is 9.81. The number of hydrogen-bond donors (Lipinski definition) is 3. The van der Waals surface area contributed by atoms with E-state index in [0.717, 1.165) is 6.42 Å². The number of rotatable bonds is 6. The molecule has 3 heterocycles. The van der Waals surface area contributed by atoms with Gasteiger partial charge in [0, 0.05) is 31.5 Å². The molecule has 0 aromatic carbocycles. The van der Waals surface area contributed by atoms with Gasteiger partial charge in [-0.1, -0.05) is 6.42 Å². The zero-order valence-electron chi connectivity index (χ0n) is 14.8. The molecule has 1 amide bonds. The number of nitrogen functional groups attached to an aromatic ring is 1. The molecule has 0 radical (unpaired) electrons. The molecule has 2 fully saturated rings. The third-order valence-corrected chi connectivity index (χ3v) is 5.47. The molecule has 0 spiro atoms. The third-order valence-electron chi connectivity index (χ3n) is 5.47. The number of aromatic nitrogens is 2. The van der Waals surface area contributed by atoms with Crippen molar-refractivity contribution in [2.45, 2.75) is 57.4 Å². The van der Waals surface area contributed by atoms with Gasteiger partial charge in [0.15, 0.2) is 0 Å². The van der Waals surface area contributed by atoms with Gasteiger partial charge in [-0.05, 0) is 51.1 Å². The Morgan fingerprint density at radius 1 is 1.32 bits per heavy atom. The molecule has 25 heavy (non-hydrogen) atoms. The lowest BCUT2D eigenvalue weighted by Gasteiger charge is -2.44. The van der Waals surface area contributed by atoms with Gasteiger partial charge in [-0.25, -0.2) is 4.98 Å². The fourth-order valence-corrected chi connectivity index (χ4v) is 4.29. The van der Waals surface area contributed by atoms with Crippen molar-refractivity contribution in [2.75, 3.05) is 25.4 Å². The smallest absolute Gasteiger partial charge is 0.252 e. The Bertz CT molecular complexity index is 643. The van der Waals surface area contributed by atoms with E-state index in [9.17, 15) is 9.59 Å². The first-order chi connectivity index (χ1) is 12.1. The van der Waals surface area contributed by atoms with E-state index in [4.69, 9.17) is 5.73 Å². The van der Waals surface area contributed by atoms with Gasteiger partial charge in [0.1, 0.15) is 11.6 Å². The second-order valence-electron chi connectivity index (χ2n) is 7.26. The molecule has 0 aliphatic carbocycles. The number of piperidine rings is 2. The normalized spacial score (nSPS) is 23.8. The maximum absolute atomic E-state index is 12.1. The molecular weight excluding hydrogens is 318 g/mol. The van der Waals surface area contributed by atoms with Crippen LogP contribution in [0.25, 0.3) is 0 Å². The Morgan fingerprint density at radius 2 is 2.16 bits per heavy atom. The van der Waals surface area contributed by atoms with Gasteiger partial charge in [-0.2, -0.15) is 0 Å². The van der Waals surface area contributed by atoms with Crippen LogP contribution in [0.15, 0.2) is 10.9 Å². The highest BCUT2D eigenvalue weighted by molar-refractivity contribution is 5.75. The standard InChI is InChI=1S/C18H29N5O2/c19-15-12-18(25)22-16(21-15)8-9-20-17(24)7-6-13-4-3-11-23-10-2-1-5-14(13)23/h12-14H,1-11H2,(H,20,24)(H3,19,21,22,25)/t13-,14+/m0/s1. The molecule has 0 bridgehead atoms. The second kappa shape index (κ2) is 8.47. The van der Waals surface area contributed by atoms with Gasteiger partial charge in [0.25, 0.3) is 5.56 Å². The predicted molar refractivity (Wildman–Crippen MR) is 97.2 cm³/mol. The van der Waals surface area contributed by atoms with Gasteiger partial charge in [-0.15, -0.1) is 0 Å². The van der Waals surface area contributed by atoms with Crippen LogP contribution in [0, 0.1) is 5.92 Å². The lowest BCUT2D eigenvalue weighted by molar-refractivity contribution is -0.121. The molecule has 2 aliphatic rings. The van der Waals surface area contributed by atoms with E-state index in [1.807, 2.05) is 0 Å². The molecule has 2 atom stereocenters. The summed E-state index contributed by atoms with van der Waals surface area (Å²) in [5.41, 5.74) is 5.29. The van der Waals surface area contributed by atoms with Gasteiger partial charge in [0.05, 0.1) is 0 Å². The molecule has 0 saturated carbocycles. The molecule has 0 unspecified atom stereocenters. The van der Waals surface area contributed by atoms with E-state index in [0.29, 0.717) is 37.2 Å². The Kier molecular flexibility index (Phi) is 6.07. The number of nitrogens with one attached hydrogen (secondary N) is 2. The van der Waals surface area contributed by atoms with E-state index in [1.54, 1.807) is 0 Å². The molecule has 1 aromatic heterocycles. The number of aromatic amines is 1. The van der Waals surface area contributed by atoms with Crippen molar-refractivity contribution < 1.29 is 4.79 Å². The topological polar surface area (TPSA) is 104 Å². The first kappa shape index (κ1) is 17.9. The van der Waals surface area contributed by atoms with E-state index >= 15 is 0 Å². The summed E-state index contributed by atoms with van der Waals surface area (Å²) in [7, 11) is 0. The summed E-state index contributed by atoms with van der Waals surface area (Å²) in [6, 6.07) is 1.94. The first-order valence-corrected chi connectivity index (χ1v) is 9.48. The molecule has 138 valence electrons. The predicted octanol–water partition coefficient (Wildman–Crippen LogP) is 1.06. The second-order valence-corrected chi connectivity index (χ2v) is 7.26. The Labute approximate surface area is 148 Å². The van der Waals surface area contributed by atoms with Crippen LogP contribution in [0.2, 0.25) is 0 Å². The molecule has 2 saturated heterocycles. The van der Waals surface area contributed by atoms with Crippen LogP contribution in [-0.4, -0.2) is 46.5 Å². The number of carbonyl (C=O) groups excluding carboxylic acids is 1. The number of nitrogens with zero attached hydrogens (tertiary/aromatic N) is 2. The molecule has 7 nitrogen and oxygen atoms in total. The zero-order chi connectivity index (χ0) is 17.6. The summed E-state index contributed by atoms with van der Waals surface area (Å²) in [6.45, 7) is 2.93. The Balaban J connectivity index is 1.39. The minimum atomic E-state index is -0.261. The summed E-state index contributed by atoms with van der Waals surface area (Å²) in [6.07, 6.45) is 8.49. The summed E-state index contributed by atoms with van der Waals surface area (Å²) in [5.74, 6) is 1.46. The van der Waals surface area contributed by atoms with Crippen LogP contribution < -0.4 is 16.6 Å². The van der Waals surface area contributed by atoms with Crippen molar-refractivity contribution in [3.8, 4) is 0 Å². The molecule has 2 aliphatic heterocycles. The quantitative estimate of drug-likeness (QED) is 0.714. The monoisotopic (exact) mass is 347 g/mol. The minimum Gasteiger partial charge on any atom is -0.383 e. The highest BCUT2D eigenvalue weighted by Crippen LogP contribution is 2.33. The number of nitrogens with two attached hydrogens (primary N) is 1. The number of anilines is 1. The Morgan fingerprint density at radius 3 is 3.00 bits per heavy atom. The summed E-state index contributed by atoms with van der Waals surface area (Å²) < 4.78 is 0. The van der Waals surface area contributed by atoms with Crippen molar-refractivity contribution in [1.29, 1.82) is 0 Å². The summed E-state index contributed by atoms with van der Waals surface area (Å²) in [4.78, 5) is 32.8. The average molecular weight is 347 g/mol. The van der Waals surface area contributed by atoms with Crippen molar-refractivity contribution in [2.24, 2.45) is 5.92 Å². The van der Waals surface area contributed by atoms with E-state index in [1.165, 1.54) is 51.3 Å².